The molecule has 200 valence electrons. The number of amides is 1. The maximum atomic E-state index is 14.2. The van der Waals surface area contributed by atoms with Gasteiger partial charge < -0.3 is 15.4 Å². The zero-order valence-electron chi connectivity index (χ0n) is 20.7. The summed E-state index contributed by atoms with van der Waals surface area (Å²) in [6.07, 6.45) is -3.90. The fraction of sp³-hybridized carbons (Fsp3) is 0.179. The highest BCUT2D eigenvalue weighted by atomic mass is 19.4. The second kappa shape index (κ2) is 9.35. The molecule has 0 aliphatic carbocycles. The van der Waals surface area contributed by atoms with E-state index >= 15 is 0 Å². The third-order valence-electron chi connectivity index (χ3n) is 6.37. The topological polar surface area (TPSA) is 99.5 Å². The number of fused-ring (bicyclic) bond motifs is 2. The van der Waals surface area contributed by atoms with E-state index < -0.39 is 51.9 Å². The molecule has 3 N–H and O–H groups in total. The fourth-order valence-corrected chi connectivity index (χ4v) is 4.54. The normalized spacial score (nSPS) is 13.1. The largest absolute Gasteiger partial charge is 0.421 e. The van der Waals surface area contributed by atoms with Crippen molar-refractivity contribution < 1.29 is 27.5 Å². The first-order valence-corrected chi connectivity index (χ1v) is 11.8. The van der Waals surface area contributed by atoms with Gasteiger partial charge in [-0.1, -0.05) is 48.5 Å². The molecule has 7 nitrogen and oxygen atoms in total. The first kappa shape index (κ1) is 26.1. The van der Waals surface area contributed by atoms with E-state index in [4.69, 9.17) is 0 Å². The molecule has 0 fully saturated rings. The Hall–Kier alpha value is -4.51. The maximum absolute atomic E-state index is 14.2. The molecule has 0 radical (unpaired) electrons. The summed E-state index contributed by atoms with van der Waals surface area (Å²) in [5, 5.41) is 18.6. The Balaban J connectivity index is 1.62. The molecule has 0 aliphatic heterocycles. The van der Waals surface area contributed by atoms with Crippen molar-refractivity contribution in [3.8, 4) is 11.3 Å². The quantitative estimate of drug-likeness (QED) is 0.267. The van der Waals surface area contributed by atoms with Crippen LogP contribution in [0.25, 0.3) is 27.5 Å². The third-order valence-corrected chi connectivity index (χ3v) is 6.37. The number of aromatic nitrogens is 3. The monoisotopic (exact) mass is 538 g/mol. The standard InChI is InChI=1S/C28H22F4N4O3/c1-27(2,39)24(16-9-11-19(29)12-10-16)34-25(37)22-21(28(30,31)32)23-26(38)33-20(14-36(23)35-22)18-8-7-15-5-3-4-6-17(15)13-18/h3-14,24,39H,1-2H3,(H,33,38)(H,34,37). The van der Waals surface area contributed by atoms with Gasteiger partial charge in [-0.05, 0) is 48.4 Å². The summed E-state index contributed by atoms with van der Waals surface area (Å²) in [6.45, 7) is 2.69. The van der Waals surface area contributed by atoms with E-state index in [0.717, 1.165) is 27.4 Å². The first-order chi connectivity index (χ1) is 18.3. The number of carbonyl (C=O) groups is 1. The van der Waals surface area contributed by atoms with Gasteiger partial charge in [0.1, 0.15) is 16.9 Å². The van der Waals surface area contributed by atoms with Gasteiger partial charge in [0.15, 0.2) is 5.69 Å². The number of halogens is 4. The van der Waals surface area contributed by atoms with Crippen LogP contribution >= 0.6 is 0 Å². The molecule has 5 rings (SSSR count). The highest BCUT2D eigenvalue weighted by molar-refractivity contribution is 5.96. The van der Waals surface area contributed by atoms with E-state index in [-0.39, 0.29) is 11.3 Å². The summed E-state index contributed by atoms with van der Waals surface area (Å²) >= 11 is 0. The van der Waals surface area contributed by atoms with Crippen molar-refractivity contribution in [2.24, 2.45) is 0 Å². The lowest BCUT2D eigenvalue weighted by atomic mass is 9.91. The van der Waals surface area contributed by atoms with Crippen LogP contribution in [0.2, 0.25) is 0 Å². The second-order valence-corrected chi connectivity index (χ2v) is 9.69. The average Bonchev–Trinajstić information content (AvgIpc) is 3.28. The lowest BCUT2D eigenvalue weighted by Gasteiger charge is -2.30. The number of carbonyl (C=O) groups excluding carboxylic acids is 1. The number of nitrogens with zero attached hydrogens (tertiary/aromatic N) is 2. The minimum atomic E-state index is -5.11. The van der Waals surface area contributed by atoms with Gasteiger partial charge >= 0.3 is 6.18 Å². The average molecular weight is 539 g/mol. The van der Waals surface area contributed by atoms with Crippen LogP contribution < -0.4 is 10.9 Å². The number of H-pyrrole nitrogens is 1. The predicted molar refractivity (Wildman–Crippen MR) is 137 cm³/mol. The molecule has 0 spiro atoms. The number of alkyl halides is 3. The molecule has 1 atom stereocenters. The van der Waals surface area contributed by atoms with Crippen LogP contribution in [0.1, 0.15) is 41.5 Å². The van der Waals surface area contributed by atoms with Gasteiger partial charge in [-0.15, -0.1) is 0 Å². The van der Waals surface area contributed by atoms with E-state index in [2.05, 4.69) is 15.4 Å². The molecule has 1 amide bonds. The van der Waals surface area contributed by atoms with Gasteiger partial charge in [0, 0.05) is 5.56 Å². The number of aromatic amines is 1. The Labute approximate surface area is 218 Å². The summed E-state index contributed by atoms with van der Waals surface area (Å²) in [6, 6.07) is 16.3. The molecule has 2 aromatic heterocycles. The van der Waals surface area contributed by atoms with E-state index in [9.17, 15) is 32.3 Å². The molecule has 5 aromatic rings. The number of aliphatic hydroxyl groups is 1. The fourth-order valence-electron chi connectivity index (χ4n) is 4.54. The van der Waals surface area contributed by atoms with Crippen molar-refractivity contribution in [2.75, 3.05) is 0 Å². The summed E-state index contributed by atoms with van der Waals surface area (Å²) in [5.41, 5.74) is -5.16. The third kappa shape index (κ3) is 5.00. The predicted octanol–water partition coefficient (Wildman–Crippen LogP) is 5.24. The van der Waals surface area contributed by atoms with Crippen LogP contribution in [-0.4, -0.2) is 31.2 Å². The zero-order chi connectivity index (χ0) is 28.1. The van der Waals surface area contributed by atoms with Crippen molar-refractivity contribution in [3.63, 3.8) is 0 Å². The van der Waals surface area contributed by atoms with Gasteiger partial charge in [0.05, 0.1) is 23.5 Å². The van der Waals surface area contributed by atoms with Crippen molar-refractivity contribution >= 4 is 22.2 Å². The molecular weight excluding hydrogens is 516 g/mol. The summed E-state index contributed by atoms with van der Waals surface area (Å²) in [7, 11) is 0. The van der Waals surface area contributed by atoms with Crippen LogP contribution in [0.5, 0.6) is 0 Å². The van der Waals surface area contributed by atoms with Crippen molar-refractivity contribution in [1.29, 1.82) is 0 Å². The van der Waals surface area contributed by atoms with Gasteiger partial charge in [-0.3, -0.25) is 9.59 Å². The Kier molecular flexibility index (Phi) is 6.26. The maximum Gasteiger partial charge on any atom is 0.421 e. The summed E-state index contributed by atoms with van der Waals surface area (Å²) in [4.78, 5) is 28.6. The summed E-state index contributed by atoms with van der Waals surface area (Å²) in [5.74, 6) is -1.84. The van der Waals surface area contributed by atoms with Gasteiger partial charge in [0.25, 0.3) is 11.5 Å². The minimum Gasteiger partial charge on any atom is -0.388 e. The lowest BCUT2D eigenvalue weighted by molar-refractivity contribution is -0.136. The van der Waals surface area contributed by atoms with Crippen LogP contribution in [-0.2, 0) is 6.18 Å². The van der Waals surface area contributed by atoms with Crippen LogP contribution in [0.4, 0.5) is 17.6 Å². The van der Waals surface area contributed by atoms with E-state index in [0.29, 0.717) is 5.56 Å². The minimum absolute atomic E-state index is 0.196. The SMILES string of the molecule is CC(C)(O)C(NC(=O)c1nn2cc(-c3ccc4ccccc4c3)[nH]c(=O)c2c1C(F)(F)F)c1ccc(F)cc1. The Morgan fingerprint density at radius 3 is 2.33 bits per heavy atom. The van der Waals surface area contributed by atoms with Crippen LogP contribution in [0, 0.1) is 5.82 Å². The number of benzene rings is 3. The highest BCUT2D eigenvalue weighted by Crippen LogP contribution is 2.35. The Bertz CT molecular complexity index is 1770. The van der Waals surface area contributed by atoms with E-state index in [1.54, 1.807) is 12.1 Å². The van der Waals surface area contributed by atoms with Crippen molar-refractivity contribution in [1.82, 2.24) is 19.9 Å². The zero-order valence-corrected chi connectivity index (χ0v) is 20.7. The lowest BCUT2D eigenvalue weighted by Crippen LogP contribution is -2.42. The number of hydrogen-bond donors (Lipinski definition) is 3. The first-order valence-electron chi connectivity index (χ1n) is 11.8. The molecule has 11 heteroatoms. The van der Waals surface area contributed by atoms with Gasteiger partial charge in [-0.2, -0.15) is 18.3 Å². The highest BCUT2D eigenvalue weighted by Gasteiger charge is 2.42. The molecular formula is C28H22F4N4O3. The number of hydrogen-bond acceptors (Lipinski definition) is 4. The summed E-state index contributed by atoms with van der Waals surface area (Å²) < 4.78 is 56.8. The molecule has 0 bridgehead atoms. The molecule has 3 aromatic carbocycles. The van der Waals surface area contributed by atoms with Crippen LogP contribution in [0.3, 0.4) is 0 Å². The number of nitrogens with one attached hydrogen (secondary N) is 2. The van der Waals surface area contributed by atoms with Gasteiger partial charge in [-0.25, -0.2) is 8.91 Å². The van der Waals surface area contributed by atoms with Crippen LogP contribution in [0.15, 0.2) is 77.7 Å². The van der Waals surface area contributed by atoms with E-state index in [1.165, 1.54) is 32.2 Å². The Morgan fingerprint density at radius 2 is 1.69 bits per heavy atom. The van der Waals surface area contributed by atoms with E-state index in [1.807, 2.05) is 30.3 Å². The second-order valence-electron chi connectivity index (χ2n) is 9.69. The van der Waals surface area contributed by atoms with Crippen molar-refractivity contribution in [3.05, 3.63) is 106 Å². The molecule has 0 saturated heterocycles. The molecule has 39 heavy (non-hydrogen) atoms. The molecule has 1 unspecified atom stereocenters. The molecule has 2 heterocycles. The number of rotatable bonds is 5. The smallest absolute Gasteiger partial charge is 0.388 e. The molecule has 0 aliphatic rings. The molecule has 0 saturated carbocycles. The van der Waals surface area contributed by atoms with Crippen molar-refractivity contribution in [2.45, 2.75) is 31.7 Å². The van der Waals surface area contributed by atoms with Gasteiger partial charge in [0.2, 0.25) is 0 Å². The Morgan fingerprint density at radius 1 is 1.03 bits per heavy atom.